The van der Waals surface area contributed by atoms with Crippen molar-refractivity contribution in [3.8, 4) is 5.75 Å². The van der Waals surface area contributed by atoms with Gasteiger partial charge in [-0.2, -0.15) is 0 Å². The number of rotatable bonds is 6. The van der Waals surface area contributed by atoms with Gasteiger partial charge in [-0.25, -0.2) is 4.39 Å². The van der Waals surface area contributed by atoms with E-state index in [0.717, 1.165) is 17.7 Å². The molecular weight excluding hydrogens is 329 g/mol. The number of para-hydroxylation sites is 1. The number of carbonyl (C=O) groups is 1. The molecule has 26 heavy (non-hydrogen) atoms. The number of methoxy groups -OCH3 is 1. The maximum Gasteiger partial charge on any atom is 0.228 e. The third kappa shape index (κ3) is 4.48. The maximum atomic E-state index is 13.8. The highest BCUT2D eigenvalue weighted by molar-refractivity contribution is 5.93. The maximum absolute atomic E-state index is 13.8. The van der Waals surface area contributed by atoms with Gasteiger partial charge in [-0.3, -0.25) is 4.79 Å². The van der Waals surface area contributed by atoms with Crippen molar-refractivity contribution in [2.45, 2.75) is 12.8 Å². The van der Waals surface area contributed by atoms with Gasteiger partial charge in [0.05, 0.1) is 13.5 Å². The van der Waals surface area contributed by atoms with E-state index in [1.54, 1.807) is 6.07 Å². The second-order valence-electron chi connectivity index (χ2n) is 6.01. The van der Waals surface area contributed by atoms with Gasteiger partial charge in [0, 0.05) is 5.69 Å². The molecule has 0 saturated heterocycles. The van der Waals surface area contributed by atoms with Crippen molar-refractivity contribution in [3.63, 3.8) is 0 Å². The zero-order valence-electron chi connectivity index (χ0n) is 14.5. The summed E-state index contributed by atoms with van der Waals surface area (Å²) in [5.74, 6) is -0.486. The summed E-state index contributed by atoms with van der Waals surface area (Å²) >= 11 is 0. The predicted octanol–water partition coefficient (Wildman–Crippen LogP) is 4.61. The topological polar surface area (TPSA) is 38.3 Å². The van der Waals surface area contributed by atoms with E-state index in [1.807, 2.05) is 42.5 Å². The normalized spacial score (nSPS) is 10.4. The first-order valence-electron chi connectivity index (χ1n) is 8.40. The van der Waals surface area contributed by atoms with Gasteiger partial charge in [0.1, 0.15) is 0 Å². The van der Waals surface area contributed by atoms with Crippen LogP contribution >= 0.6 is 0 Å². The second kappa shape index (κ2) is 8.30. The van der Waals surface area contributed by atoms with Crippen molar-refractivity contribution in [2.24, 2.45) is 0 Å². The predicted molar refractivity (Wildman–Crippen MR) is 101 cm³/mol. The second-order valence-corrected chi connectivity index (χ2v) is 6.01. The van der Waals surface area contributed by atoms with Crippen LogP contribution in [0.15, 0.2) is 72.8 Å². The molecular formula is C22H20FNO2. The number of benzene rings is 3. The van der Waals surface area contributed by atoms with Gasteiger partial charge in [-0.15, -0.1) is 0 Å². The first kappa shape index (κ1) is 17.7. The van der Waals surface area contributed by atoms with Gasteiger partial charge < -0.3 is 10.1 Å². The zero-order chi connectivity index (χ0) is 18.4. The lowest BCUT2D eigenvalue weighted by molar-refractivity contribution is -0.115. The standard InChI is InChI=1S/C22H20FNO2/c1-26-21-12-11-17(14-19(21)23)15-22(25)24-20-10-6-5-9-18(20)13-16-7-3-2-4-8-16/h2-12,14H,13,15H2,1H3,(H,24,25). The average Bonchev–Trinajstić information content (AvgIpc) is 2.64. The molecule has 1 amide bonds. The van der Waals surface area contributed by atoms with Crippen LogP contribution in [-0.4, -0.2) is 13.0 Å². The molecule has 0 aliphatic rings. The van der Waals surface area contributed by atoms with Crippen LogP contribution < -0.4 is 10.1 Å². The van der Waals surface area contributed by atoms with Gasteiger partial charge in [0.15, 0.2) is 11.6 Å². The molecule has 0 spiro atoms. The van der Waals surface area contributed by atoms with Crippen molar-refractivity contribution in [3.05, 3.63) is 95.3 Å². The molecule has 3 nitrogen and oxygen atoms in total. The first-order valence-corrected chi connectivity index (χ1v) is 8.40. The third-order valence-corrected chi connectivity index (χ3v) is 4.11. The van der Waals surface area contributed by atoms with E-state index >= 15 is 0 Å². The van der Waals surface area contributed by atoms with Gasteiger partial charge in [0.2, 0.25) is 5.91 Å². The minimum Gasteiger partial charge on any atom is -0.494 e. The van der Waals surface area contributed by atoms with Gasteiger partial charge in [0.25, 0.3) is 0 Å². The lowest BCUT2D eigenvalue weighted by atomic mass is 10.0. The monoisotopic (exact) mass is 349 g/mol. The van der Waals surface area contributed by atoms with Crippen molar-refractivity contribution in [1.82, 2.24) is 0 Å². The van der Waals surface area contributed by atoms with E-state index in [2.05, 4.69) is 17.4 Å². The zero-order valence-corrected chi connectivity index (χ0v) is 14.5. The van der Waals surface area contributed by atoms with Crippen LogP contribution in [0.1, 0.15) is 16.7 Å². The Morgan fingerprint density at radius 1 is 0.962 bits per heavy atom. The number of nitrogens with one attached hydrogen (secondary N) is 1. The van der Waals surface area contributed by atoms with Crippen LogP contribution in [0.2, 0.25) is 0 Å². The summed E-state index contributed by atoms with van der Waals surface area (Å²) in [5.41, 5.74) is 3.58. The molecule has 3 aromatic carbocycles. The Morgan fingerprint density at radius 2 is 1.69 bits per heavy atom. The first-order chi connectivity index (χ1) is 12.7. The minimum atomic E-state index is -0.470. The molecule has 0 bridgehead atoms. The van der Waals surface area contributed by atoms with E-state index < -0.39 is 5.82 Å². The van der Waals surface area contributed by atoms with E-state index in [9.17, 15) is 9.18 Å². The fourth-order valence-corrected chi connectivity index (χ4v) is 2.81. The Hall–Kier alpha value is -3.14. The van der Waals surface area contributed by atoms with Crippen molar-refractivity contribution in [2.75, 3.05) is 12.4 Å². The Balaban J connectivity index is 1.70. The third-order valence-electron chi connectivity index (χ3n) is 4.11. The number of hydrogen-bond donors (Lipinski definition) is 1. The molecule has 0 radical (unpaired) electrons. The molecule has 4 heteroatoms. The van der Waals surface area contributed by atoms with Crippen LogP contribution in [0.25, 0.3) is 0 Å². The molecule has 3 aromatic rings. The molecule has 0 unspecified atom stereocenters. The SMILES string of the molecule is COc1ccc(CC(=O)Nc2ccccc2Cc2ccccc2)cc1F. The lowest BCUT2D eigenvalue weighted by Gasteiger charge is -2.12. The number of halogens is 1. The Labute approximate surface area is 152 Å². The molecule has 0 fully saturated rings. The molecule has 0 aliphatic carbocycles. The van der Waals surface area contributed by atoms with E-state index in [1.165, 1.54) is 24.8 Å². The summed E-state index contributed by atoms with van der Waals surface area (Å²) in [7, 11) is 1.41. The van der Waals surface area contributed by atoms with Crippen LogP contribution in [0, 0.1) is 5.82 Å². The molecule has 0 saturated carbocycles. The Bertz CT molecular complexity index is 894. The summed E-state index contributed by atoms with van der Waals surface area (Å²) < 4.78 is 18.7. The molecule has 0 aromatic heterocycles. The van der Waals surface area contributed by atoms with Gasteiger partial charge in [-0.05, 0) is 41.3 Å². The smallest absolute Gasteiger partial charge is 0.228 e. The van der Waals surface area contributed by atoms with Crippen molar-refractivity contribution >= 4 is 11.6 Å². The minimum absolute atomic E-state index is 0.0978. The van der Waals surface area contributed by atoms with Crippen LogP contribution in [-0.2, 0) is 17.6 Å². The summed E-state index contributed by atoms with van der Waals surface area (Å²) in [5, 5.41) is 2.93. The summed E-state index contributed by atoms with van der Waals surface area (Å²) in [6, 6.07) is 22.3. The average molecular weight is 349 g/mol. The van der Waals surface area contributed by atoms with Gasteiger partial charge >= 0.3 is 0 Å². The highest BCUT2D eigenvalue weighted by atomic mass is 19.1. The number of anilines is 1. The van der Waals surface area contributed by atoms with Gasteiger partial charge in [-0.1, -0.05) is 54.6 Å². The van der Waals surface area contributed by atoms with E-state index in [0.29, 0.717) is 5.56 Å². The molecule has 0 heterocycles. The van der Waals surface area contributed by atoms with Crippen molar-refractivity contribution < 1.29 is 13.9 Å². The van der Waals surface area contributed by atoms with E-state index in [4.69, 9.17) is 4.74 Å². The summed E-state index contributed by atoms with van der Waals surface area (Å²) in [6.45, 7) is 0. The summed E-state index contributed by atoms with van der Waals surface area (Å²) in [4.78, 5) is 12.4. The number of hydrogen-bond acceptors (Lipinski definition) is 2. The van der Waals surface area contributed by atoms with Crippen LogP contribution in [0.3, 0.4) is 0 Å². The Kier molecular flexibility index (Phi) is 5.64. The van der Waals surface area contributed by atoms with Crippen molar-refractivity contribution in [1.29, 1.82) is 0 Å². The fourth-order valence-electron chi connectivity index (χ4n) is 2.81. The number of amides is 1. The molecule has 3 rings (SSSR count). The molecule has 132 valence electrons. The molecule has 0 atom stereocenters. The molecule has 0 aliphatic heterocycles. The van der Waals surface area contributed by atoms with Crippen LogP contribution in [0.4, 0.5) is 10.1 Å². The highest BCUT2D eigenvalue weighted by Gasteiger charge is 2.10. The number of carbonyl (C=O) groups excluding carboxylic acids is 1. The van der Waals surface area contributed by atoms with Crippen LogP contribution in [0.5, 0.6) is 5.75 Å². The molecule has 1 N–H and O–H groups in total. The highest BCUT2D eigenvalue weighted by Crippen LogP contribution is 2.21. The number of ether oxygens (including phenoxy) is 1. The Morgan fingerprint density at radius 3 is 2.42 bits per heavy atom. The van der Waals surface area contributed by atoms with E-state index in [-0.39, 0.29) is 18.1 Å². The lowest BCUT2D eigenvalue weighted by Crippen LogP contribution is -2.15. The summed E-state index contributed by atoms with van der Waals surface area (Å²) in [6.07, 6.45) is 0.828. The fraction of sp³-hybridized carbons (Fsp3) is 0.136. The quantitative estimate of drug-likeness (QED) is 0.706. The largest absolute Gasteiger partial charge is 0.494 e.